The maximum Gasteiger partial charge on any atom is 0.406 e. The molecule has 2 aromatic rings. The Morgan fingerprint density at radius 2 is 2.10 bits per heavy atom. The van der Waals surface area contributed by atoms with E-state index in [1.165, 1.54) is 25.3 Å². The number of carbonyl (C=O) groups is 1. The summed E-state index contributed by atoms with van der Waals surface area (Å²) in [7, 11) is 1.28. The van der Waals surface area contributed by atoms with Crippen LogP contribution in [0, 0.1) is 11.6 Å². The van der Waals surface area contributed by atoms with Gasteiger partial charge in [-0.15, -0.1) is 11.3 Å². The second kappa shape index (κ2) is 6.42. The number of amides is 1. The lowest BCUT2D eigenvalue weighted by Crippen LogP contribution is -2.25. The average molecular weight is 298 g/mol. The van der Waals surface area contributed by atoms with E-state index >= 15 is 0 Å². The van der Waals surface area contributed by atoms with E-state index < -0.39 is 17.7 Å². The molecule has 2 rings (SSSR count). The molecule has 0 bridgehead atoms. The van der Waals surface area contributed by atoms with Gasteiger partial charge >= 0.3 is 6.09 Å². The van der Waals surface area contributed by atoms with Crippen LogP contribution in [0.3, 0.4) is 0 Å². The van der Waals surface area contributed by atoms with Gasteiger partial charge in [0.2, 0.25) is 0 Å². The SMILES string of the molecule is COC(=O)NCCc1csc(-c2c(F)cccc2F)n1. The molecule has 0 saturated heterocycles. The molecular weight excluding hydrogens is 286 g/mol. The molecule has 0 spiro atoms. The minimum Gasteiger partial charge on any atom is -0.453 e. The number of methoxy groups -OCH3 is 1. The number of alkyl carbamates (subject to hydrolysis) is 1. The molecule has 106 valence electrons. The van der Waals surface area contributed by atoms with E-state index in [-0.39, 0.29) is 10.6 Å². The van der Waals surface area contributed by atoms with Crippen molar-refractivity contribution in [3.05, 3.63) is 40.9 Å². The van der Waals surface area contributed by atoms with Gasteiger partial charge in [-0.25, -0.2) is 18.6 Å². The number of hydrogen-bond acceptors (Lipinski definition) is 4. The maximum absolute atomic E-state index is 13.6. The normalized spacial score (nSPS) is 10.3. The number of thiazole rings is 1. The summed E-state index contributed by atoms with van der Waals surface area (Å²) in [5.41, 5.74) is 0.536. The molecule has 1 aromatic heterocycles. The van der Waals surface area contributed by atoms with Crippen molar-refractivity contribution < 1.29 is 18.3 Å². The summed E-state index contributed by atoms with van der Waals surface area (Å²) in [6.07, 6.45) is -0.0672. The van der Waals surface area contributed by atoms with E-state index in [0.717, 1.165) is 11.3 Å². The smallest absolute Gasteiger partial charge is 0.406 e. The molecular formula is C13H12F2N2O2S. The quantitative estimate of drug-likeness (QED) is 0.944. The number of aromatic nitrogens is 1. The first-order valence-corrected chi connectivity index (χ1v) is 6.70. The van der Waals surface area contributed by atoms with E-state index in [1.54, 1.807) is 5.38 Å². The molecule has 0 atom stereocenters. The van der Waals surface area contributed by atoms with Crippen molar-refractivity contribution in [2.75, 3.05) is 13.7 Å². The van der Waals surface area contributed by atoms with Gasteiger partial charge in [-0.2, -0.15) is 0 Å². The van der Waals surface area contributed by atoms with Crippen molar-refractivity contribution in [2.45, 2.75) is 6.42 Å². The summed E-state index contributed by atoms with van der Waals surface area (Å²) >= 11 is 1.16. The Morgan fingerprint density at radius 3 is 2.75 bits per heavy atom. The van der Waals surface area contributed by atoms with Crippen LogP contribution in [0.25, 0.3) is 10.6 Å². The molecule has 1 N–H and O–H groups in total. The van der Waals surface area contributed by atoms with Crippen LogP contribution in [0.15, 0.2) is 23.6 Å². The van der Waals surface area contributed by atoms with Gasteiger partial charge in [-0.3, -0.25) is 0 Å². The lowest BCUT2D eigenvalue weighted by Gasteiger charge is -2.01. The third-order valence-electron chi connectivity index (χ3n) is 2.56. The van der Waals surface area contributed by atoms with Crippen LogP contribution >= 0.6 is 11.3 Å². The lowest BCUT2D eigenvalue weighted by atomic mass is 10.2. The number of nitrogens with one attached hydrogen (secondary N) is 1. The van der Waals surface area contributed by atoms with Crippen LogP contribution in [0.2, 0.25) is 0 Å². The van der Waals surface area contributed by atoms with Gasteiger partial charge < -0.3 is 10.1 Å². The monoisotopic (exact) mass is 298 g/mol. The fraction of sp³-hybridized carbons (Fsp3) is 0.231. The van der Waals surface area contributed by atoms with Crippen molar-refractivity contribution >= 4 is 17.4 Å². The number of carbonyl (C=O) groups excluding carboxylic acids is 1. The number of nitrogens with zero attached hydrogens (tertiary/aromatic N) is 1. The van der Waals surface area contributed by atoms with Gasteiger partial charge in [-0.05, 0) is 12.1 Å². The van der Waals surface area contributed by atoms with Gasteiger partial charge in [-0.1, -0.05) is 6.07 Å². The molecule has 0 fully saturated rings. The largest absolute Gasteiger partial charge is 0.453 e. The van der Waals surface area contributed by atoms with Crippen LogP contribution in [-0.2, 0) is 11.2 Å². The van der Waals surface area contributed by atoms with E-state index in [0.29, 0.717) is 18.7 Å². The first-order valence-electron chi connectivity index (χ1n) is 5.82. The lowest BCUT2D eigenvalue weighted by molar-refractivity contribution is 0.171. The van der Waals surface area contributed by atoms with Crippen molar-refractivity contribution in [1.29, 1.82) is 0 Å². The van der Waals surface area contributed by atoms with Gasteiger partial charge in [0.15, 0.2) is 0 Å². The number of benzene rings is 1. The highest BCUT2D eigenvalue weighted by Crippen LogP contribution is 2.28. The summed E-state index contributed by atoms with van der Waals surface area (Å²) in [6.45, 7) is 0.343. The number of halogens is 2. The van der Waals surface area contributed by atoms with E-state index in [9.17, 15) is 13.6 Å². The molecule has 0 aliphatic carbocycles. The predicted molar refractivity (Wildman–Crippen MR) is 71.6 cm³/mol. The highest BCUT2D eigenvalue weighted by atomic mass is 32.1. The first-order chi connectivity index (χ1) is 9.61. The third kappa shape index (κ3) is 3.30. The minimum atomic E-state index is -0.640. The van der Waals surface area contributed by atoms with Crippen LogP contribution in [-0.4, -0.2) is 24.7 Å². The number of ether oxygens (including phenoxy) is 1. The topological polar surface area (TPSA) is 51.2 Å². The molecule has 0 unspecified atom stereocenters. The first kappa shape index (κ1) is 14.4. The molecule has 0 radical (unpaired) electrons. The summed E-state index contributed by atoms with van der Waals surface area (Å²) in [5.74, 6) is -1.28. The van der Waals surface area contributed by atoms with Crippen LogP contribution in [0.1, 0.15) is 5.69 Å². The minimum absolute atomic E-state index is 0.121. The average Bonchev–Trinajstić information content (AvgIpc) is 2.87. The van der Waals surface area contributed by atoms with Crippen LogP contribution < -0.4 is 5.32 Å². The van der Waals surface area contributed by atoms with Gasteiger partial charge in [0.25, 0.3) is 0 Å². The van der Waals surface area contributed by atoms with Crippen molar-refractivity contribution in [3.63, 3.8) is 0 Å². The summed E-state index contributed by atoms with van der Waals surface area (Å²) in [5, 5.41) is 4.50. The van der Waals surface area contributed by atoms with Gasteiger partial charge in [0.05, 0.1) is 18.4 Å². The van der Waals surface area contributed by atoms with Gasteiger partial charge in [0, 0.05) is 18.3 Å². The fourth-order valence-electron chi connectivity index (χ4n) is 1.60. The summed E-state index contributed by atoms with van der Waals surface area (Å²) in [4.78, 5) is 15.0. The third-order valence-corrected chi connectivity index (χ3v) is 3.47. The fourth-order valence-corrected chi connectivity index (χ4v) is 2.50. The Hall–Kier alpha value is -2.02. The molecule has 1 amide bonds. The Kier molecular flexibility index (Phi) is 4.62. The Bertz CT molecular complexity index is 596. The Balaban J connectivity index is 2.07. The maximum atomic E-state index is 13.6. The van der Waals surface area contributed by atoms with Crippen molar-refractivity contribution in [3.8, 4) is 10.6 Å². The van der Waals surface area contributed by atoms with Crippen molar-refractivity contribution in [1.82, 2.24) is 10.3 Å². The van der Waals surface area contributed by atoms with E-state index in [4.69, 9.17) is 0 Å². The molecule has 20 heavy (non-hydrogen) atoms. The molecule has 0 aliphatic heterocycles. The number of rotatable bonds is 4. The summed E-state index contributed by atoms with van der Waals surface area (Å²) in [6, 6.07) is 3.69. The highest BCUT2D eigenvalue weighted by Gasteiger charge is 2.14. The van der Waals surface area contributed by atoms with Crippen molar-refractivity contribution in [2.24, 2.45) is 0 Å². The number of hydrogen-bond donors (Lipinski definition) is 1. The Labute approximate surface area is 118 Å². The standard InChI is InChI=1S/C13H12F2N2O2S/c1-19-13(18)16-6-5-8-7-20-12(17-8)11-9(14)3-2-4-10(11)15/h2-4,7H,5-6H2,1H3,(H,16,18). The highest BCUT2D eigenvalue weighted by molar-refractivity contribution is 7.13. The van der Waals surface area contributed by atoms with E-state index in [1.807, 2.05) is 0 Å². The molecule has 0 aliphatic rings. The van der Waals surface area contributed by atoms with E-state index in [2.05, 4.69) is 15.0 Å². The second-order valence-corrected chi connectivity index (χ2v) is 4.77. The zero-order valence-electron chi connectivity index (χ0n) is 10.7. The zero-order chi connectivity index (χ0) is 14.5. The van der Waals surface area contributed by atoms with Crippen LogP contribution in [0.4, 0.5) is 13.6 Å². The molecule has 0 saturated carbocycles. The molecule has 7 heteroatoms. The molecule has 1 aromatic carbocycles. The predicted octanol–water partition coefficient (Wildman–Crippen LogP) is 2.99. The van der Waals surface area contributed by atoms with Gasteiger partial charge in [0.1, 0.15) is 16.6 Å². The molecule has 4 nitrogen and oxygen atoms in total. The summed E-state index contributed by atoms with van der Waals surface area (Å²) < 4.78 is 31.6. The molecule has 1 heterocycles. The Morgan fingerprint density at radius 1 is 1.40 bits per heavy atom. The van der Waals surface area contributed by atoms with Crippen LogP contribution in [0.5, 0.6) is 0 Å². The zero-order valence-corrected chi connectivity index (χ0v) is 11.5. The second-order valence-electron chi connectivity index (χ2n) is 3.91.